The van der Waals surface area contributed by atoms with E-state index in [4.69, 9.17) is 15.6 Å². The fourth-order valence-corrected chi connectivity index (χ4v) is 2.00. The van der Waals surface area contributed by atoms with E-state index in [0.29, 0.717) is 24.2 Å². The van der Waals surface area contributed by atoms with Crippen molar-refractivity contribution in [2.75, 3.05) is 5.73 Å². The number of nitrogens with two attached hydrogens (primary N) is 1. The van der Waals surface area contributed by atoms with Gasteiger partial charge in [0.15, 0.2) is 17.4 Å². The molecule has 0 spiro atoms. The van der Waals surface area contributed by atoms with E-state index in [9.17, 15) is 4.79 Å². The van der Waals surface area contributed by atoms with Gasteiger partial charge in [-0.3, -0.25) is 14.3 Å². The van der Waals surface area contributed by atoms with Gasteiger partial charge in [-0.15, -0.1) is 0 Å². The van der Waals surface area contributed by atoms with Crippen molar-refractivity contribution >= 4 is 17.1 Å². The van der Waals surface area contributed by atoms with Crippen molar-refractivity contribution in [3.8, 4) is 0 Å². The number of fused-ring (bicyclic) bond motifs is 1. The van der Waals surface area contributed by atoms with Gasteiger partial charge in [-0.05, 0) is 0 Å². The molecule has 0 amide bonds. The van der Waals surface area contributed by atoms with Gasteiger partial charge in [0, 0.05) is 12.8 Å². The predicted octanol–water partition coefficient (Wildman–Crippen LogP) is 0.410. The molecule has 18 heavy (non-hydrogen) atoms. The first-order chi connectivity index (χ1) is 8.69. The van der Waals surface area contributed by atoms with Crippen LogP contribution >= 0.6 is 0 Å². The number of hydrogen-bond donors (Lipinski definition) is 3. The second-order valence-electron chi connectivity index (χ2n) is 3.98. The number of aromatic nitrogens is 4. The Kier molecular flexibility index (Phi) is 2.22. The number of ether oxygens (including phenoxy) is 1. The monoisotopic (exact) mass is 249 g/mol. The van der Waals surface area contributed by atoms with Crippen LogP contribution in [0.4, 0.5) is 5.95 Å². The summed E-state index contributed by atoms with van der Waals surface area (Å²) in [7, 11) is 0. The number of aliphatic hydroxyl groups excluding tert-OH is 1. The van der Waals surface area contributed by atoms with E-state index in [-0.39, 0.29) is 23.3 Å². The number of aromatic amines is 1. The van der Waals surface area contributed by atoms with Gasteiger partial charge in [0.25, 0.3) is 5.56 Å². The van der Waals surface area contributed by atoms with Crippen LogP contribution in [0, 0.1) is 0 Å². The average Bonchev–Trinajstić information content (AvgIpc) is 2.93. The maximum Gasteiger partial charge on any atom is 0.280 e. The van der Waals surface area contributed by atoms with Crippen molar-refractivity contribution < 1.29 is 9.84 Å². The van der Waals surface area contributed by atoms with Gasteiger partial charge in [0.1, 0.15) is 18.3 Å². The summed E-state index contributed by atoms with van der Waals surface area (Å²) in [5.74, 6) is 0.532. The molecule has 1 aliphatic rings. The molecule has 1 unspecified atom stereocenters. The Morgan fingerprint density at radius 3 is 3.22 bits per heavy atom. The molecule has 2 aromatic heterocycles. The molecule has 1 saturated heterocycles. The number of anilines is 1. The molecule has 2 aromatic rings. The van der Waals surface area contributed by atoms with Crippen LogP contribution < -0.4 is 11.3 Å². The molecule has 0 radical (unpaired) electrons. The van der Waals surface area contributed by atoms with E-state index in [2.05, 4.69) is 15.0 Å². The molecule has 0 aliphatic carbocycles. The molecule has 3 heterocycles. The van der Waals surface area contributed by atoms with Crippen LogP contribution in [0.25, 0.3) is 11.2 Å². The number of nitrogen functional groups attached to an aromatic ring is 1. The Hall–Kier alpha value is -2.51. The summed E-state index contributed by atoms with van der Waals surface area (Å²) in [5, 5.41) is 8.88. The largest absolute Gasteiger partial charge is 0.512 e. The molecular formula is C10H11N5O3. The number of hydrogen-bond acceptors (Lipinski definition) is 6. The molecule has 0 aromatic carbocycles. The molecule has 94 valence electrons. The van der Waals surface area contributed by atoms with Crippen molar-refractivity contribution in [3.63, 3.8) is 0 Å². The molecular weight excluding hydrogens is 238 g/mol. The van der Waals surface area contributed by atoms with Gasteiger partial charge < -0.3 is 15.6 Å². The maximum absolute atomic E-state index is 11.6. The molecule has 8 heteroatoms. The molecule has 1 aliphatic heterocycles. The Balaban J connectivity index is 2.11. The Labute approximate surface area is 101 Å². The Morgan fingerprint density at radius 2 is 2.50 bits per heavy atom. The van der Waals surface area contributed by atoms with Crippen LogP contribution in [0.1, 0.15) is 19.1 Å². The van der Waals surface area contributed by atoms with Crippen molar-refractivity contribution in [1.82, 2.24) is 19.5 Å². The first-order valence-electron chi connectivity index (χ1n) is 5.41. The first-order valence-corrected chi connectivity index (χ1v) is 5.41. The molecule has 3 rings (SSSR count). The lowest BCUT2D eigenvalue weighted by Crippen LogP contribution is -2.13. The third-order valence-corrected chi connectivity index (χ3v) is 2.83. The number of imidazole rings is 1. The summed E-state index contributed by atoms with van der Waals surface area (Å²) >= 11 is 0. The number of nitrogens with zero attached hydrogens (tertiary/aromatic N) is 3. The minimum atomic E-state index is -0.382. The van der Waals surface area contributed by atoms with E-state index in [1.807, 2.05) is 0 Å². The van der Waals surface area contributed by atoms with Crippen molar-refractivity contribution in [2.45, 2.75) is 19.1 Å². The number of H-pyrrole nitrogens is 1. The van der Waals surface area contributed by atoms with Crippen LogP contribution in [0.5, 0.6) is 0 Å². The highest BCUT2D eigenvalue weighted by Crippen LogP contribution is 2.31. The predicted molar refractivity (Wildman–Crippen MR) is 62.6 cm³/mol. The lowest BCUT2D eigenvalue weighted by atomic mass is 10.3. The lowest BCUT2D eigenvalue weighted by Gasteiger charge is -2.12. The van der Waals surface area contributed by atoms with Crippen LogP contribution in [0.3, 0.4) is 0 Å². The molecule has 1 atom stereocenters. The quantitative estimate of drug-likeness (QED) is 0.630. The summed E-state index contributed by atoms with van der Waals surface area (Å²) in [4.78, 5) is 22.0. The van der Waals surface area contributed by atoms with Gasteiger partial charge in [-0.2, -0.15) is 4.98 Å². The first kappa shape index (κ1) is 10.6. The van der Waals surface area contributed by atoms with Crippen molar-refractivity contribution in [3.05, 3.63) is 28.7 Å². The summed E-state index contributed by atoms with van der Waals surface area (Å²) in [6, 6.07) is 0. The summed E-state index contributed by atoms with van der Waals surface area (Å²) < 4.78 is 7.12. The second kappa shape index (κ2) is 3.76. The van der Waals surface area contributed by atoms with Gasteiger partial charge in [0.05, 0.1) is 0 Å². The summed E-state index contributed by atoms with van der Waals surface area (Å²) in [6.07, 6.45) is 3.39. The molecule has 8 nitrogen and oxygen atoms in total. The number of aliphatic hydroxyl groups is 1. The topological polar surface area (TPSA) is 119 Å². The second-order valence-corrected chi connectivity index (χ2v) is 3.98. The Bertz CT molecular complexity index is 686. The number of rotatable bonds is 1. The van der Waals surface area contributed by atoms with Crippen LogP contribution in [-0.4, -0.2) is 24.6 Å². The van der Waals surface area contributed by atoms with Crippen molar-refractivity contribution in [2.24, 2.45) is 0 Å². The van der Waals surface area contributed by atoms with Crippen molar-refractivity contribution in [1.29, 1.82) is 0 Å². The standard InChI is InChI=1S/C10H11N5O3/c11-10-13-8-7(9(17)14-10)12-4-15(8)6-2-1-5(3-16)18-6/h3-4,6,16H,1-2H2,(H3,11,13,14,17)/b5-3+. The van der Waals surface area contributed by atoms with Gasteiger partial charge >= 0.3 is 0 Å². The minimum absolute atomic E-state index is 0.0326. The summed E-state index contributed by atoms with van der Waals surface area (Å²) in [6.45, 7) is 0. The number of allylic oxidation sites excluding steroid dienone is 1. The average molecular weight is 249 g/mol. The molecule has 0 bridgehead atoms. The van der Waals surface area contributed by atoms with E-state index >= 15 is 0 Å². The Morgan fingerprint density at radius 1 is 1.67 bits per heavy atom. The maximum atomic E-state index is 11.6. The van der Waals surface area contributed by atoms with Gasteiger partial charge in [-0.25, -0.2) is 4.98 Å². The SMILES string of the molecule is Nc1nc2c(ncn2C2CC/C(=C\O)O2)c(=O)[nH]1. The zero-order valence-electron chi connectivity index (χ0n) is 9.33. The highest BCUT2D eigenvalue weighted by Gasteiger charge is 2.25. The smallest absolute Gasteiger partial charge is 0.280 e. The van der Waals surface area contributed by atoms with Crippen LogP contribution in [0.2, 0.25) is 0 Å². The zero-order valence-corrected chi connectivity index (χ0v) is 9.33. The van der Waals surface area contributed by atoms with E-state index in [1.165, 1.54) is 6.33 Å². The van der Waals surface area contributed by atoms with E-state index in [0.717, 1.165) is 6.26 Å². The molecule has 4 N–H and O–H groups in total. The van der Waals surface area contributed by atoms with Crippen LogP contribution in [-0.2, 0) is 4.74 Å². The number of nitrogens with one attached hydrogen (secondary N) is 1. The van der Waals surface area contributed by atoms with Gasteiger partial charge in [0.2, 0.25) is 5.95 Å². The highest BCUT2D eigenvalue weighted by atomic mass is 16.5. The normalized spacial score (nSPS) is 21.6. The minimum Gasteiger partial charge on any atom is -0.512 e. The van der Waals surface area contributed by atoms with Gasteiger partial charge in [-0.1, -0.05) is 0 Å². The molecule has 0 saturated carbocycles. The zero-order chi connectivity index (χ0) is 12.7. The fraction of sp³-hybridized carbons (Fsp3) is 0.300. The third-order valence-electron chi connectivity index (χ3n) is 2.83. The fourth-order valence-electron chi connectivity index (χ4n) is 2.00. The van der Waals surface area contributed by atoms with E-state index < -0.39 is 0 Å². The van der Waals surface area contributed by atoms with E-state index in [1.54, 1.807) is 4.57 Å². The highest BCUT2D eigenvalue weighted by molar-refractivity contribution is 5.70. The van der Waals surface area contributed by atoms with Crippen LogP contribution in [0.15, 0.2) is 23.1 Å². The molecule has 1 fully saturated rings. The summed E-state index contributed by atoms with van der Waals surface area (Å²) in [5.41, 5.74) is 5.71. The third kappa shape index (κ3) is 1.50. The lowest BCUT2D eigenvalue weighted by molar-refractivity contribution is 0.0965.